The van der Waals surface area contributed by atoms with Gasteiger partial charge in [0.2, 0.25) is 0 Å². The van der Waals surface area contributed by atoms with Crippen LogP contribution in [0.25, 0.3) is 0 Å². The average molecular weight is 392 g/mol. The number of unbranched alkanes of at least 4 members (excludes halogenated alkanes) is 13. The lowest BCUT2D eigenvalue weighted by Crippen LogP contribution is -2.22. The second-order valence-electron chi connectivity index (χ2n) is 7.85. The lowest BCUT2D eigenvalue weighted by atomic mass is 10.0. The molecular formula is C25H45NO2. The molecule has 1 aromatic rings. The quantitative estimate of drug-likeness (QED) is 0.239. The molecule has 0 saturated carbocycles. The monoisotopic (exact) mass is 391 g/mol. The van der Waals surface area contributed by atoms with Crippen LogP contribution in [0.5, 0.6) is 11.5 Å². The summed E-state index contributed by atoms with van der Waals surface area (Å²) in [5.41, 5.74) is 0. The molecule has 3 nitrogen and oxygen atoms in total. The van der Waals surface area contributed by atoms with Gasteiger partial charge in [-0.15, -0.1) is 0 Å². The lowest BCUT2D eigenvalue weighted by Gasteiger charge is -2.10. The first-order valence-electron chi connectivity index (χ1n) is 11.8. The molecule has 0 spiro atoms. The van der Waals surface area contributed by atoms with Crippen molar-refractivity contribution in [2.45, 2.75) is 96.8 Å². The van der Waals surface area contributed by atoms with E-state index in [-0.39, 0.29) is 0 Å². The molecule has 28 heavy (non-hydrogen) atoms. The highest BCUT2D eigenvalue weighted by molar-refractivity contribution is 5.39. The molecule has 0 amide bonds. The van der Waals surface area contributed by atoms with Crippen LogP contribution in [0.15, 0.2) is 24.3 Å². The number of para-hydroxylation sites is 2. The van der Waals surface area contributed by atoms with Crippen molar-refractivity contribution in [1.29, 1.82) is 0 Å². The number of methoxy groups -OCH3 is 1. The summed E-state index contributed by atoms with van der Waals surface area (Å²) in [5.74, 6) is 1.62. The molecule has 1 rings (SSSR count). The largest absolute Gasteiger partial charge is 0.493 e. The first-order valence-corrected chi connectivity index (χ1v) is 11.8. The number of benzene rings is 1. The van der Waals surface area contributed by atoms with Crippen molar-refractivity contribution < 1.29 is 9.47 Å². The predicted molar refractivity (Wildman–Crippen MR) is 122 cm³/mol. The Hall–Kier alpha value is -1.22. The van der Waals surface area contributed by atoms with Gasteiger partial charge in [-0.3, -0.25) is 0 Å². The topological polar surface area (TPSA) is 30.5 Å². The Morgan fingerprint density at radius 2 is 1.14 bits per heavy atom. The van der Waals surface area contributed by atoms with Crippen LogP contribution in [0, 0.1) is 0 Å². The zero-order valence-corrected chi connectivity index (χ0v) is 18.6. The third-order valence-corrected chi connectivity index (χ3v) is 5.31. The molecule has 0 aromatic heterocycles. The second-order valence-corrected chi connectivity index (χ2v) is 7.85. The van der Waals surface area contributed by atoms with Crippen LogP contribution in [0.2, 0.25) is 0 Å². The Bertz CT molecular complexity index is 450. The van der Waals surface area contributed by atoms with Gasteiger partial charge >= 0.3 is 0 Å². The zero-order valence-electron chi connectivity index (χ0n) is 18.6. The van der Waals surface area contributed by atoms with Crippen LogP contribution in [0.3, 0.4) is 0 Å². The molecule has 1 N–H and O–H groups in total. The first-order chi connectivity index (χ1) is 13.9. The molecule has 0 heterocycles. The van der Waals surface area contributed by atoms with Gasteiger partial charge in [-0.25, -0.2) is 0 Å². The van der Waals surface area contributed by atoms with E-state index in [0.29, 0.717) is 6.61 Å². The standard InChI is InChI=1S/C25H45NO2/c1-3-4-5-6-7-8-9-10-11-12-13-14-15-18-21-26-22-23-28-25-20-17-16-19-24(25)27-2/h16-17,19-20,26H,3-15,18,21-23H2,1-2H3. The van der Waals surface area contributed by atoms with E-state index < -0.39 is 0 Å². The second kappa shape index (κ2) is 19.1. The van der Waals surface area contributed by atoms with Crippen LogP contribution in [-0.2, 0) is 0 Å². The maximum absolute atomic E-state index is 5.76. The summed E-state index contributed by atoms with van der Waals surface area (Å²) < 4.78 is 11.1. The van der Waals surface area contributed by atoms with Gasteiger partial charge in [-0.05, 0) is 25.1 Å². The highest BCUT2D eigenvalue weighted by Gasteiger charge is 2.01. The number of nitrogens with one attached hydrogen (secondary N) is 1. The Kier molecular flexibility index (Phi) is 16.9. The summed E-state index contributed by atoms with van der Waals surface area (Å²) in [4.78, 5) is 0. The molecule has 0 bridgehead atoms. The van der Waals surface area contributed by atoms with E-state index in [1.165, 1.54) is 89.9 Å². The zero-order chi connectivity index (χ0) is 20.1. The van der Waals surface area contributed by atoms with Gasteiger partial charge in [0.15, 0.2) is 11.5 Å². The molecule has 0 saturated heterocycles. The Morgan fingerprint density at radius 1 is 0.643 bits per heavy atom. The highest BCUT2D eigenvalue weighted by Crippen LogP contribution is 2.25. The van der Waals surface area contributed by atoms with Gasteiger partial charge in [0, 0.05) is 6.54 Å². The van der Waals surface area contributed by atoms with E-state index in [9.17, 15) is 0 Å². The summed E-state index contributed by atoms with van der Waals surface area (Å²) >= 11 is 0. The van der Waals surface area contributed by atoms with E-state index in [0.717, 1.165) is 24.6 Å². The summed E-state index contributed by atoms with van der Waals surface area (Å²) in [7, 11) is 1.68. The van der Waals surface area contributed by atoms with E-state index >= 15 is 0 Å². The van der Waals surface area contributed by atoms with Crippen molar-refractivity contribution in [3.63, 3.8) is 0 Å². The molecule has 0 radical (unpaired) electrons. The number of hydrogen-bond acceptors (Lipinski definition) is 3. The van der Waals surface area contributed by atoms with Gasteiger partial charge in [-0.1, -0.05) is 103 Å². The molecule has 1 aromatic carbocycles. The summed E-state index contributed by atoms with van der Waals surface area (Å²) in [6.45, 7) is 4.94. The van der Waals surface area contributed by atoms with Gasteiger partial charge in [0.1, 0.15) is 6.61 Å². The van der Waals surface area contributed by atoms with Crippen LogP contribution in [0.1, 0.15) is 96.8 Å². The van der Waals surface area contributed by atoms with Crippen LogP contribution >= 0.6 is 0 Å². The normalized spacial score (nSPS) is 10.9. The van der Waals surface area contributed by atoms with E-state index in [1.54, 1.807) is 7.11 Å². The maximum Gasteiger partial charge on any atom is 0.161 e. The fourth-order valence-electron chi connectivity index (χ4n) is 3.54. The molecule has 162 valence electrons. The fraction of sp³-hybridized carbons (Fsp3) is 0.760. The number of ether oxygens (including phenoxy) is 2. The average Bonchev–Trinajstić information content (AvgIpc) is 2.73. The highest BCUT2D eigenvalue weighted by atomic mass is 16.5. The van der Waals surface area contributed by atoms with E-state index in [2.05, 4.69) is 12.2 Å². The van der Waals surface area contributed by atoms with Gasteiger partial charge in [0.05, 0.1) is 7.11 Å². The third kappa shape index (κ3) is 13.9. The molecule has 0 unspecified atom stereocenters. The van der Waals surface area contributed by atoms with Crippen LogP contribution in [-0.4, -0.2) is 26.8 Å². The Balaban J connectivity index is 1.76. The van der Waals surface area contributed by atoms with Gasteiger partial charge < -0.3 is 14.8 Å². The fourth-order valence-corrected chi connectivity index (χ4v) is 3.54. The summed E-state index contributed by atoms with van der Waals surface area (Å²) in [5, 5.41) is 3.47. The van der Waals surface area contributed by atoms with Crippen molar-refractivity contribution in [2.75, 3.05) is 26.8 Å². The summed E-state index contributed by atoms with van der Waals surface area (Å²) in [6, 6.07) is 7.81. The maximum atomic E-state index is 5.76. The Labute approximate surface area is 174 Å². The minimum Gasteiger partial charge on any atom is -0.493 e. The van der Waals surface area contributed by atoms with Crippen molar-refractivity contribution in [3.05, 3.63) is 24.3 Å². The van der Waals surface area contributed by atoms with E-state index in [4.69, 9.17) is 9.47 Å². The molecular weight excluding hydrogens is 346 g/mol. The van der Waals surface area contributed by atoms with Crippen molar-refractivity contribution in [2.24, 2.45) is 0 Å². The summed E-state index contributed by atoms with van der Waals surface area (Å²) in [6.07, 6.45) is 19.8. The predicted octanol–water partition coefficient (Wildman–Crippen LogP) is 7.14. The van der Waals surface area contributed by atoms with Crippen molar-refractivity contribution in [1.82, 2.24) is 5.32 Å². The molecule has 0 fully saturated rings. The first kappa shape index (κ1) is 24.8. The minimum atomic E-state index is 0.680. The molecule has 0 aliphatic heterocycles. The minimum absolute atomic E-state index is 0.680. The molecule has 0 aliphatic carbocycles. The molecule has 0 aliphatic rings. The Morgan fingerprint density at radius 3 is 1.68 bits per heavy atom. The lowest BCUT2D eigenvalue weighted by molar-refractivity contribution is 0.292. The van der Waals surface area contributed by atoms with Crippen LogP contribution in [0.4, 0.5) is 0 Å². The van der Waals surface area contributed by atoms with Crippen LogP contribution < -0.4 is 14.8 Å². The third-order valence-electron chi connectivity index (χ3n) is 5.31. The molecule has 3 heteroatoms. The van der Waals surface area contributed by atoms with Gasteiger partial charge in [-0.2, -0.15) is 0 Å². The SMILES string of the molecule is CCCCCCCCCCCCCCCCNCCOc1ccccc1OC. The van der Waals surface area contributed by atoms with E-state index in [1.807, 2.05) is 24.3 Å². The van der Waals surface area contributed by atoms with Crippen molar-refractivity contribution in [3.8, 4) is 11.5 Å². The molecule has 0 atom stereocenters. The van der Waals surface area contributed by atoms with Gasteiger partial charge in [0.25, 0.3) is 0 Å². The number of rotatable bonds is 20. The smallest absolute Gasteiger partial charge is 0.161 e. The number of hydrogen-bond donors (Lipinski definition) is 1. The van der Waals surface area contributed by atoms with Crippen molar-refractivity contribution >= 4 is 0 Å².